The Morgan fingerprint density at radius 2 is 2.11 bits per heavy atom. The number of rotatable bonds is 3. The van der Waals surface area contributed by atoms with Gasteiger partial charge in [-0.3, -0.25) is 0 Å². The fourth-order valence-corrected chi connectivity index (χ4v) is 2.94. The third-order valence-electron chi connectivity index (χ3n) is 3.98. The van der Waals surface area contributed by atoms with E-state index in [1.165, 1.54) is 38.5 Å². The lowest BCUT2D eigenvalue weighted by atomic mass is 9.98. The van der Waals surface area contributed by atoms with Crippen LogP contribution in [-0.2, 0) is 0 Å². The van der Waals surface area contributed by atoms with E-state index in [1.807, 2.05) is 6.07 Å². The van der Waals surface area contributed by atoms with Crippen LogP contribution in [0.25, 0.3) is 0 Å². The smallest absolute Gasteiger partial charge is 0.134 e. The maximum atomic E-state index is 9.40. The molecule has 2 atom stereocenters. The van der Waals surface area contributed by atoms with Gasteiger partial charge in [-0.2, -0.15) is 0 Å². The van der Waals surface area contributed by atoms with Crippen molar-refractivity contribution < 1.29 is 5.11 Å². The van der Waals surface area contributed by atoms with E-state index in [4.69, 9.17) is 11.6 Å². The van der Waals surface area contributed by atoms with E-state index >= 15 is 0 Å². The first-order valence-electron chi connectivity index (χ1n) is 6.94. The molecule has 1 aromatic carbocycles. The monoisotopic (exact) mass is 267 g/mol. The normalized spacial score (nSPS) is 24.6. The molecule has 1 fully saturated rings. The Kier molecular flexibility index (Phi) is 4.76. The first-order chi connectivity index (χ1) is 8.69. The highest BCUT2D eigenvalue weighted by atomic mass is 35.5. The van der Waals surface area contributed by atoms with Gasteiger partial charge in [0.05, 0.1) is 5.02 Å². The molecule has 0 aliphatic heterocycles. The highest BCUT2D eigenvalue weighted by Gasteiger charge is 2.17. The van der Waals surface area contributed by atoms with Crippen LogP contribution in [-0.4, -0.2) is 11.1 Å². The summed E-state index contributed by atoms with van der Waals surface area (Å²) in [7, 11) is 0. The summed E-state index contributed by atoms with van der Waals surface area (Å²) in [4.78, 5) is 0. The fourth-order valence-electron chi connectivity index (χ4n) is 2.76. The van der Waals surface area contributed by atoms with Gasteiger partial charge in [-0.15, -0.1) is 0 Å². The molecule has 2 N–H and O–H groups in total. The Labute approximate surface area is 114 Å². The minimum atomic E-state index is 0.147. The van der Waals surface area contributed by atoms with Gasteiger partial charge in [-0.25, -0.2) is 0 Å². The second kappa shape index (κ2) is 6.33. The first kappa shape index (κ1) is 13.5. The Morgan fingerprint density at radius 3 is 2.83 bits per heavy atom. The Balaban J connectivity index is 1.94. The van der Waals surface area contributed by atoms with E-state index in [1.54, 1.807) is 12.1 Å². The molecule has 0 saturated heterocycles. The Hall–Kier alpha value is -0.890. The van der Waals surface area contributed by atoms with Crippen molar-refractivity contribution in [3.05, 3.63) is 23.2 Å². The molecular formula is C15H22ClNO. The molecule has 0 bridgehead atoms. The maximum absolute atomic E-state index is 9.40. The van der Waals surface area contributed by atoms with Gasteiger partial charge >= 0.3 is 0 Å². The van der Waals surface area contributed by atoms with Gasteiger partial charge in [0.15, 0.2) is 0 Å². The summed E-state index contributed by atoms with van der Waals surface area (Å²) in [6.07, 6.45) is 7.76. The minimum Gasteiger partial charge on any atom is -0.506 e. The molecule has 1 aliphatic rings. The number of hydrogen-bond donors (Lipinski definition) is 2. The van der Waals surface area contributed by atoms with Crippen LogP contribution in [0.4, 0.5) is 5.69 Å². The third kappa shape index (κ3) is 3.55. The number of benzene rings is 1. The number of phenolic OH excluding ortho intramolecular Hbond substituents is 1. The lowest BCUT2D eigenvalue weighted by molar-refractivity contribution is 0.444. The highest BCUT2D eigenvalue weighted by molar-refractivity contribution is 6.32. The van der Waals surface area contributed by atoms with Crippen LogP contribution < -0.4 is 5.32 Å². The molecular weight excluding hydrogens is 246 g/mol. The molecule has 1 aliphatic carbocycles. The minimum absolute atomic E-state index is 0.147. The quantitative estimate of drug-likeness (QED) is 0.608. The topological polar surface area (TPSA) is 32.3 Å². The molecule has 1 aromatic rings. The average Bonchev–Trinajstić information content (AvgIpc) is 2.59. The Morgan fingerprint density at radius 1 is 1.28 bits per heavy atom. The van der Waals surface area contributed by atoms with E-state index < -0.39 is 0 Å². The van der Waals surface area contributed by atoms with Gasteiger partial charge in [-0.1, -0.05) is 37.8 Å². The van der Waals surface area contributed by atoms with Gasteiger partial charge in [-0.05, 0) is 43.4 Å². The molecule has 0 spiro atoms. The van der Waals surface area contributed by atoms with Gasteiger partial charge < -0.3 is 10.4 Å². The number of anilines is 1. The molecule has 1 saturated carbocycles. The summed E-state index contributed by atoms with van der Waals surface area (Å²) in [5.74, 6) is 1.05. The number of nitrogens with one attached hydrogen (secondary N) is 1. The fraction of sp³-hybridized carbons (Fsp3) is 0.600. The number of phenols is 1. The van der Waals surface area contributed by atoms with Gasteiger partial charge in [0.2, 0.25) is 0 Å². The zero-order valence-electron chi connectivity index (χ0n) is 11.0. The van der Waals surface area contributed by atoms with E-state index in [-0.39, 0.29) is 5.75 Å². The third-order valence-corrected chi connectivity index (χ3v) is 4.29. The van der Waals surface area contributed by atoms with Gasteiger partial charge in [0, 0.05) is 11.7 Å². The van der Waals surface area contributed by atoms with Crippen molar-refractivity contribution in [3.63, 3.8) is 0 Å². The van der Waals surface area contributed by atoms with Crippen molar-refractivity contribution in [2.45, 2.75) is 51.5 Å². The predicted molar refractivity (Wildman–Crippen MR) is 77.4 cm³/mol. The Bertz CT molecular complexity index is 394. The molecule has 0 amide bonds. The molecule has 18 heavy (non-hydrogen) atoms. The second-order valence-electron chi connectivity index (χ2n) is 5.29. The molecule has 100 valence electrons. The SMILES string of the molecule is CCC1CCCC(Nc2ccc(O)c(Cl)c2)CC1. The predicted octanol–water partition coefficient (Wildman–Crippen LogP) is 4.82. The van der Waals surface area contributed by atoms with E-state index in [2.05, 4.69) is 12.2 Å². The van der Waals surface area contributed by atoms with Crippen LogP contribution in [0.1, 0.15) is 45.4 Å². The average molecular weight is 268 g/mol. The van der Waals surface area contributed by atoms with Gasteiger partial charge in [0.1, 0.15) is 5.75 Å². The highest BCUT2D eigenvalue weighted by Crippen LogP contribution is 2.30. The molecule has 0 radical (unpaired) electrons. The lowest BCUT2D eigenvalue weighted by Gasteiger charge is -2.18. The second-order valence-corrected chi connectivity index (χ2v) is 5.70. The first-order valence-corrected chi connectivity index (χ1v) is 7.32. The summed E-state index contributed by atoms with van der Waals surface area (Å²) < 4.78 is 0. The molecule has 2 unspecified atom stereocenters. The van der Waals surface area contributed by atoms with Crippen LogP contribution in [0.15, 0.2) is 18.2 Å². The molecule has 0 aromatic heterocycles. The van der Waals surface area contributed by atoms with Crippen molar-refractivity contribution in [1.82, 2.24) is 0 Å². The van der Waals surface area contributed by atoms with Crippen molar-refractivity contribution in [1.29, 1.82) is 0 Å². The molecule has 0 heterocycles. The van der Waals surface area contributed by atoms with Crippen molar-refractivity contribution in [2.75, 3.05) is 5.32 Å². The summed E-state index contributed by atoms with van der Waals surface area (Å²) in [6, 6.07) is 5.89. The van der Waals surface area contributed by atoms with Crippen LogP contribution in [0.2, 0.25) is 5.02 Å². The zero-order valence-corrected chi connectivity index (χ0v) is 11.7. The van der Waals surface area contributed by atoms with E-state index in [0.717, 1.165) is 11.6 Å². The number of halogens is 1. The molecule has 2 rings (SSSR count). The van der Waals surface area contributed by atoms with Crippen LogP contribution in [0, 0.1) is 5.92 Å². The van der Waals surface area contributed by atoms with E-state index in [9.17, 15) is 5.11 Å². The summed E-state index contributed by atoms with van der Waals surface area (Å²) in [5, 5.41) is 13.4. The molecule has 2 nitrogen and oxygen atoms in total. The standard InChI is InChI=1S/C15H22ClNO/c1-2-11-4-3-5-12(7-6-11)17-13-8-9-15(18)14(16)10-13/h8-12,17-18H,2-7H2,1H3. The van der Waals surface area contributed by atoms with Crippen LogP contribution in [0.5, 0.6) is 5.75 Å². The van der Waals surface area contributed by atoms with Gasteiger partial charge in [0.25, 0.3) is 0 Å². The number of aromatic hydroxyl groups is 1. The summed E-state index contributed by atoms with van der Waals surface area (Å²) in [6.45, 7) is 2.29. The van der Waals surface area contributed by atoms with Crippen molar-refractivity contribution >= 4 is 17.3 Å². The largest absolute Gasteiger partial charge is 0.506 e. The van der Waals surface area contributed by atoms with Crippen molar-refractivity contribution in [2.24, 2.45) is 5.92 Å². The summed E-state index contributed by atoms with van der Waals surface area (Å²) >= 11 is 5.92. The number of hydrogen-bond acceptors (Lipinski definition) is 2. The summed E-state index contributed by atoms with van der Waals surface area (Å²) in [5.41, 5.74) is 1.01. The molecule has 3 heteroatoms. The van der Waals surface area contributed by atoms with Crippen LogP contribution in [0.3, 0.4) is 0 Å². The van der Waals surface area contributed by atoms with E-state index in [0.29, 0.717) is 11.1 Å². The van der Waals surface area contributed by atoms with Crippen molar-refractivity contribution in [3.8, 4) is 5.75 Å². The van der Waals surface area contributed by atoms with Crippen LogP contribution >= 0.6 is 11.6 Å². The maximum Gasteiger partial charge on any atom is 0.134 e. The zero-order chi connectivity index (χ0) is 13.0. The lowest BCUT2D eigenvalue weighted by Crippen LogP contribution is -2.18.